The summed E-state index contributed by atoms with van der Waals surface area (Å²) in [4.78, 5) is 24.4. The number of aromatic nitrogens is 6. The van der Waals surface area contributed by atoms with Gasteiger partial charge in [-0.2, -0.15) is 9.97 Å². The zero-order chi connectivity index (χ0) is 22.2. The standard InChI is InChI=1S/C24H23FN8/c25-16-7-6-8-17(13-16)33-15-27-21-22(26-14-20-28-18-9-2-3-10-19(18)29-20)30-24(31-23(21)33)32-11-4-1-5-12-32/h2-3,6-10,13,15H,1,4-5,11-12,14H2,(H,28,29)(H,26,30,31). The van der Waals surface area contributed by atoms with Gasteiger partial charge in [0.1, 0.15) is 18.0 Å². The fourth-order valence-electron chi connectivity index (χ4n) is 4.32. The van der Waals surface area contributed by atoms with Crippen LogP contribution in [0.2, 0.25) is 0 Å². The number of benzene rings is 2. The molecule has 0 atom stereocenters. The predicted molar refractivity (Wildman–Crippen MR) is 126 cm³/mol. The lowest BCUT2D eigenvalue weighted by atomic mass is 10.1. The quantitative estimate of drug-likeness (QED) is 0.419. The second-order valence-electron chi connectivity index (χ2n) is 8.24. The van der Waals surface area contributed by atoms with Gasteiger partial charge in [0.15, 0.2) is 17.0 Å². The zero-order valence-corrected chi connectivity index (χ0v) is 18.0. The number of aromatic amines is 1. The third-order valence-electron chi connectivity index (χ3n) is 5.97. The maximum atomic E-state index is 13.9. The van der Waals surface area contributed by atoms with Gasteiger partial charge in [0.05, 0.1) is 23.3 Å². The average molecular weight is 443 g/mol. The van der Waals surface area contributed by atoms with E-state index in [4.69, 9.17) is 9.97 Å². The van der Waals surface area contributed by atoms with Crippen LogP contribution in [0.4, 0.5) is 16.2 Å². The van der Waals surface area contributed by atoms with Crippen LogP contribution < -0.4 is 10.2 Å². The lowest BCUT2D eigenvalue weighted by molar-refractivity contribution is 0.569. The van der Waals surface area contributed by atoms with Crippen molar-refractivity contribution in [2.24, 2.45) is 0 Å². The van der Waals surface area contributed by atoms with Crippen molar-refractivity contribution >= 4 is 34.0 Å². The highest BCUT2D eigenvalue weighted by atomic mass is 19.1. The molecule has 4 heterocycles. The Kier molecular flexibility index (Phi) is 4.86. The number of fused-ring (bicyclic) bond motifs is 2. The van der Waals surface area contributed by atoms with Gasteiger partial charge in [-0.25, -0.2) is 14.4 Å². The van der Waals surface area contributed by atoms with Crippen molar-refractivity contribution in [1.29, 1.82) is 0 Å². The van der Waals surface area contributed by atoms with Crippen molar-refractivity contribution < 1.29 is 4.39 Å². The summed E-state index contributed by atoms with van der Waals surface area (Å²) in [6.45, 7) is 2.30. The summed E-state index contributed by atoms with van der Waals surface area (Å²) in [5, 5.41) is 3.40. The number of nitrogens with zero attached hydrogens (tertiary/aromatic N) is 6. The molecule has 9 heteroatoms. The predicted octanol–water partition coefficient (Wildman–Crippen LogP) is 4.43. The molecule has 2 N–H and O–H groups in total. The number of anilines is 2. The molecule has 3 aromatic heterocycles. The molecule has 166 valence electrons. The number of hydrogen-bond acceptors (Lipinski definition) is 6. The van der Waals surface area contributed by atoms with Gasteiger partial charge in [-0.3, -0.25) is 4.57 Å². The number of piperidine rings is 1. The maximum absolute atomic E-state index is 13.9. The van der Waals surface area contributed by atoms with E-state index in [0.717, 1.165) is 42.8 Å². The molecule has 0 unspecified atom stereocenters. The molecule has 2 aromatic carbocycles. The molecule has 6 rings (SSSR count). The molecular weight excluding hydrogens is 419 g/mol. The molecule has 1 saturated heterocycles. The lowest BCUT2D eigenvalue weighted by Crippen LogP contribution is -2.31. The van der Waals surface area contributed by atoms with Crippen molar-refractivity contribution in [2.75, 3.05) is 23.3 Å². The van der Waals surface area contributed by atoms with Gasteiger partial charge < -0.3 is 15.2 Å². The molecule has 33 heavy (non-hydrogen) atoms. The average Bonchev–Trinajstić information content (AvgIpc) is 3.47. The minimum Gasteiger partial charge on any atom is -0.361 e. The summed E-state index contributed by atoms with van der Waals surface area (Å²) in [5.74, 6) is 1.80. The Hall–Kier alpha value is -4.01. The summed E-state index contributed by atoms with van der Waals surface area (Å²) in [7, 11) is 0. The molecule has 0 aliphatic carbocycles. The highest BCUT2D eigenvalue weighted by Gasteiger charge is 2.20. The molecule has 0 radical (unpaired) electrons. The monoisotopic (exact) mass is 442 g/mol. The number of nitrogens with one attached hydrogen (secondary N) is 2. The number of halogens is 1. The van der Waals surface area contributed by atoms with Crippen LogP contribution >= 0.6 is 0 Å². The van der Waals surface area contributed by atoms with Crippen LogP contribution in [-0.4, -0.2) is 42.6 Å². The first kappa shape index (κ1) is 19.7. The first-order valence-corrected chi connectivity index (χ1v) is 11.2. The summed E-state index contributed by atoms with van der Waals surface area (Å²) >= 11 is 0. The lowest BCUT2D eigenvalue weighted by Gasteiger charge is -2.27. The molecule has 1 aliphatic rings. The van der Waals surface area contributed by atoms with E-state index in [1.807, 2.05) is 30.3 Å². The van der Waals surface area contributed by atoms with Crippen LogP contribution in [0.3, 0.4) is 0 Å². The fraction of sp³-hybridized carbons (Fsp3) is 0.250. The summed E-state index contributed by atoms with van der Waals surface area (Å²) < 4.78 is 15.7. The minimum absolute atomic E-state index is 0.303. The van der Waals surface area contributed by atoms with Gasteiger partial charge in [-0.15, -0.1) is 0 Å². The van der Waals surface area contributed by atoms with Crippen LogP contribution in [-0.2, 0) is 6.54 Å². The van der Waals surface area contributed by atoms with Crippen molar-refractivity contribution in [1.82, 2.24) is 29.5 Å². The first-order valence-electron chi connectivity index (χ1n) is 11.2. The topological polar surface area (TPSA) is 87.5 Å². The third kappa shape index (κ3) is 3.75. The van der Waals surface area contributed by atoms with E-state index in [1.54, 1.807) is 17.0 Å². The smallest absolute Gasteiger partial charge is 0.229 e. The van der Waals surface area contributed by atoms with E-state index in [1.165, 1.54) is 18.6 Å². The highest BCUT2D eigenvalue weighted by Crippen LogP contribution is 2.27. The largest absolute Gasteiger partial charge is 0.361 e. The normalized spacial score (nSPS) is 14.3. The molecule has 8 nitrogen and oxygen atoms in total. The van der Waals surface area contributed by atoms with Gasteiger partial charge in [0.2, 0.25) is 5.95 Å². The van der Waals surface area contributed by atoms with Crippen molar-refractivity contribution in [3.05, 3.63) is 66.5 Å². The van der Waals surface area contributed by atoms with Gasteiger partial charge in [-0.1, -0.05) is 18.2 Å². The van der Waals surface area contributed by atoms with E-state index in [-0.39, 0.29) is 5.82 Å². The van der Waals surface area contributed by atoms with E-state index in [9.17, 15) is 4.39 Å². The Labute approximate surface area is 189 Å². The number of hydrogen-bond donors (Lipinski definition) is 2. The van der Waals surface area contributed by atoms with Crippen LogP contribution in [0, 0.1) is 5.82 Å². The first-order chi connectivity index (χ1) is 16.2. The number of imidazole rings is 2. The SMILES string of the molecule is Fc1cccc(-n2cnc3c(NCc4nc5ccccc5[nH]4)nc(N4CCCCC4)nc32)c1. The van der Waals surface area contributed by atoms with Gasteiger partial charge in [0.25, 0.3) is 0 Å². The molecule has 1 aliphatic heterocycles. The molecule has 0 spiro atoms. The van der Waals surface area contributed by atoms with Gasteiger partial charge in [-0.05, 0) is 49.6 Å². The van der Waals surface area contributed by atoms with E-state index in [2.05, 4.69) is 25.2 Å². The van der Waals surface area contributed by atoms with Crippen LogP contribution in [0.15, 0.2) is 54.9 Å². The summed E-state index contributed by atoms with van der Waals surface area (Å²) in [5.41, 5.74) is 3.86. The van der Waals surface area contributed by atoms with Crippen LogP contribution in [0.25, 0.3) is 27.9 Å². The Bertz CT molecular complexity index is 1400. The summed E-state index contributed by atoms with van der Waals surface area (Å²) in [6.07, 6.45) is 5.12. The van der Waals surface area contributed by atoms with E-state index in [0.29, 0.717) is 35.2 Å². The minimum atomic E-state index is -0.303. The Morgan fingerprint density at radius 3 is 2.70 bits per heavy atom. The molecule has 1 fully saturated rings. The Balaban J connectivity index is 1.41. The molecule has 0 bridgehead atoms. The second kappa shape index (κ2) is 8.16. The Morgan fingerprint density at radius 2 is 1.85 bits per heavy atom. The van der Waals surface area contributed by atoms with Crippen LogP contribution in [0.5, 0.6) is 0 Å². The zero-order valence-electron chi connectivity index (χ0n) is 18.0. The van der Waals surface area contributed by atoms with Crippen molar-refractivity contribution in [3.8, 4) is 5.69 Å². The highest BCUT2D eigenvalue weighted by molar-refractivity contribution is 5.85. The second-order valence-corrected chi connectivity index (χ2v) is 8.24. The molecular formula is C24H23FN8. The molecule has 0 amide bonds. The molecule has 0 saturated carbocycles. The van der Waals surface area contributed by atoms with Crippen LogP contribution in [0.1, 0.15) is 25.1 Å². The molecule has 5 aromatic rings. The maximum Gasteiger partial charge on any atom is 0.229 e. The van der Waals surface area contributed by atoms with Gasteiger partial charge >= 0.3 is 0 Å². The van der Waals surface area contributed by atoms with Crippen molar-refractivity contribution in [3.63, 3.8) is 0 Å². The van der Waals surface area contributed by atoms with E-state index < -0.39 is 0 Å². The number of H-pyrrole nitrogens is 1. The third-order valence-corrected chi connectivity index (χ3v) is 5.97. The number of rotatable bonds is 5. The Morgan fingerprint density at radius 1 is 0.970 bits per heavy atom. The summed E-state index contributed by atoms with van der Waals surface area (Å²) in [6, 6.07) is 14.4. The van der Waals surface area contributed by atoms with Crippen molar-refractivity contribution in [2.45, 2.75) is 25.8 Å². The van der Waals surface area contributed by atoms with E-state index >= 15 is 0 Å². The fourth-order valence-corrected chi connectivity index (χ4v) is 4.32. The van der Waals surface area contributed by atoms with Gasteiger partial charge in [0, 0.05) is 13.1 Å². The number of para-hydroxylation sites is 2.